The zero-order chi connectivity index (χ0) is 14.5. The number of nitrogens with one attached hydrogen (secondary N) is 1. The van der Waals surface area contributed by atoms with Crippen molar-refractivity contribution in [2.75, 3.05) is 12.4 Å². The second-order valence-corrected chi connectivity index (χ2v) is 4.76. The number of alkyl halides is 1. The van der Waals surface area contributed by atoms with Gasteiger partial charge < -0.3 is 10.1 Å². The Morgan fingerprint density at radius 3 is 2.75 bits per heavy atom. The monoisotopic (exact) mass is 289 g/mol. The molecule has 3 nitrogen and oxygen atoms in total. The Balaban J connectivity index is 2.25. The standard InChI is InChI=1S/C16H16ClNO2/c1-11-6-7-15(20-2)14(8-11)18-16(19)13-5-3-4-12(9-13)10-17/h3-9H,10H2,1-2H3,(H,18,19). The molecular weight excluding hydrogens is 274 g/mol. The summed E-state index contributed by atoms with van der Waals surface area (Å²) in [5, 5.41) is 2.86. The SMILES string of the molecule is COc1ccc(C)cc1NC(=O)c1cccc(CCl)c1. The van der Waals surface area contributed by atoms with Crippen molar-refractivity contribution in [2.45, 2.75) is 12.8 Å². The minimum atomic E-state index is -0.180. The molecule has 0 radical (unpaired) electrons. The van der Waals surface area contributed by atoms with Crippen LogP contribution in [0.25, 0.3) is 0 Å². The number of carbonyl (C=O) groups excluding carboxylic acids is 1. The Hall–Kier alpha value is -2.00. The van der Waals surface area contributed by atoms with Gasteiger partial charge in [0.15, 0.2) is 0 Å². The number of ether oxygens (including phenoxy) is 1. The Morgan fingerprint density at radius 2 is 2.05 bits per heavy atom. The molecule has 0 heterocycles. The molecule has 20 heavy (non-hydrogen) atoms. The molecule has 2 aromatic rings. The molecule has 0 aliphatic carbocycles. The molecule has 1 N–H and O–H groups in total. The van der Waals surface area contributed by atoms with Crippen molar-refractivity contribution in [2.24, 2.45) is 0 Å². The van der Waals surface area contributed by atoms with Crippen molar-refractivity contribution in [1.82, 2.24) is 0 Å². The van der Waals surface area contributed by atoms with E-state index in [1.165, 1.54) is 0 Å². The van der Waals surface area contributed by atoms with Crippen LogP contribution >= 0.6 is 11.6 Å². The van der Waals surface area contributed by atoms with Crippen LogP contribution in [0.1, 0.15) is 21.5 Å². The van der Waals surface area contributed by atoms with E-state index in [4.69, 9.17) is 16.3 Å². The number of anilines is 1. The third-order valence-electron chi connectivity index (χ3n) is 2.95. The molecular formula is C16H16ClNO2. The van der Waals surface area contributed by atoms with Gasteiger partial charge in [-0.2, -0.15) is 0 Å². The Morgan fingerprint density at radius 1 is 1.25 bits per heavy atom. The zero-order valence-electron chi connectivity index (χ0n) is 11.4. The van der Waals surface area contributed by atoms with Gasteiger partial charge in [0, 0.05) is 11.4 Å². The summed E-state index contributed by atoms with van der Waals surface area (Å²) in [6.07, 6.45) is 0. The third kappa shape index (κ3) is 3.31. The van der Waals surface area contributed by atoms with Crippen LogP contribution in [0.15, 0.2) is 42.5 Å². The van der Waals surface area contributed by atoms with Gasteiger partial charge in [-0.1, -0.05) is 18.2 Å². The molecule has 2 rings (SSSR count). The minimum absolute atomic E-state index is 0.180. The fourth-order valence-electron chi connectivity index (χ4n) is 1.91. The average molecular weight is 290 g/mol. The second-order valence-electron chi connectivity index (χ2n) is 4.49. The first-order valence-electron chi connectivity index (χ1n) is 6.25. The minimum Gasteiger partial charge on any atom is -0.495 e. The number of aryl methyl sites for hydroxylation is 1. The lowest BCUT2D eigenvalue weighted by Gasteiger charge is -2.11. The molecule has 0 atom stereocenters. The maximum atomic E-state index is 12.3. The number of halogens is 1. The molecule has 0 fully saturated rings. The third-order valence-corrected chi connectivity index (χ3v) is 3.26. The highest BCUT2D eigenvalue weighted by Gasteiger charge is 2.10. The predicted octanol–water partition coefficient (Wildman–Crippen LogP) is 3.99. The van der Waals surface area contributed by atoms with Gasteiger partial charge in [0.1, 0.15) is 5.75 Å². The number of carbonyl (C=O) groups is 1. The molecule has 0 aliphatic heterocycles. The maximum absolute atomic E-state index is 12.3. The van der Waals surface area contributed by atoms with Gasteiger partial charge in [-0.3, -0.25) is 4.79 Å². The van der Waals surface area contributed by atoms with Crippen LogP contribution in [0.5, 0.6) is 5.75 Å². The van der Waals surface area contributed by atoms with Gasteiger partial charge in [0.2, 0.25) is 0 Å². The summed E-state index contributed by atoms with van der Waals surface area (Å²) in [4.78, 5) is 12.3. The summed E-state index contributed by atoms with van der Waals surface area (Å²) in [6, 6.07) is 12.9. The summed E-state index contributed by atoms with van der Waals surface area (Å²) in [6.45, 7) is 1.96. The van der Waals surface area contributed by atoms with Crippen LogP contribution in [0, 0.1) is 6.92 Å². The van der Waals surface area contributed by atoms with Crippen LogP contribution in [0.4, 0.5) is 5.69 Å². The molecule has 104 valence electrons. The van der Waals surface area contributed by atoms with Crippen LogP contribution < -0.4 is 10.1 Å². The molecule has 0 saturated heterocycles. The highest BCUT2D eigenvalue weighted by molar-refractivity contribution is 6.17. The highest BCUT2D eigenvalue weighted by Crippen LogP contribution is 2.25. The Bertz CT molecular complexity index is 626. The van der Waals surface area contributed by atoms with E-state index in [9.17, 15) is 4.79 Å². The second kappa shape index (κ2) is 6.44. The predicted molar refractivity (Wildman–Crippen MR) is 81.7 cm³/mol. The lowest BCUT2D eigenvalue weighted by atomic mass is 10.1. The van der Waals surface area contributed by atoms with E-state index >= 15 is 0 Å². The van der Waals surface area contributed by atoms with Crippen LogP contribution in [0.2, 0.25) is 0 Å². The fourth-order valence-corrected chi connectivity index (χ4v) is 2.08. The quantitative estimate of drug-likeness (QED) is 0.864. The van der Waals surface area contributed by atoms with Gasteiger partial charge in [0.05, 0.1) is 12.8 Å². The number of rotatable bonds is 4. The van der Waals surface area contributed by atoms with Crippen LogP contribution in [0.3, 0.4) is 0 Å². The first-order chi connectivity index (χ1) is 9.63. The summed E-state index contributed by atoms with van der Waals surface area (Å²) >= 11 is 5.78. The molecule has 0 unspecified atom stereocenters. The first-order valence-corrected chi connectivity index (χ1v) is 6.78. The fraction of sp³-hybridized carbons (Fsp3) is 0.188. The summed E-state index contributed by atoms with van der Waals surface area (Å²) in [5.74, 6) is 0.841. The number of benzene rings is 2. The van der Waals surface area contributed by atoms with Crippen molar-refractivity contribution in [3.8, 4) is 5.75 Å². The van der Waals surface area contributed by atoms with Gasteiger partial charge >= 0.3 is 0 Å². The molecule has 1 amide bonds. The number of hydrogen-bond acceptors (Lipinski definition) is 2. The molecule has 0 aliphatic rings. The van der Waals surface area contributed by atoms with Crippen molar-refractivity contribution < 1.29 is 9.53 Å². The maximum Gasteiger partial charge on any atom is 0.255 e. The topological polar surface area (TPSA) is 38.3 Å². The molecule has 0 spiro atoms. The molecule has 2 aromatic carbocycles. The molecule has 0 bridgehead atoms. The van der Waals surface area contributed by atoms with Crippen molar-refractivity contribution in [1.29, 1.82) is 0 Å². The smallest absolute Gasteiger partial charge is 0.255 e. The normalized spacial score (nSPS) is 10.2. The van der Waals surface area contributed by atoms with Crippen molar-refractivity contribution in [3.63, 3.8) is 0 Å². The van der Waals surface area contributed by atoms with E-state index in [1.54, 1.807) is 19.2 Å². The lowest BCUT2D eigenvalue weighted by molar-refractivity contribution is 0.102. The van der Waals surface area contributed by atoms with Gasteiger partial charge in [0.25, 0.3) is 5.91 Å². The Labute approximate surface area is 123 Å². The highest BCUT2D eigenvalue weighted by atomic mass is 35.5. The van der Waals surface area contributed by atoms with E-state index < -0.39 is 0 Å². The van der Waals surface area contributed by atoms with Gasteiger partial charge in [-0.15, -0.1) is 11.6 Å². The lowest BCUT2D eigenvalue weighted by Crippen LogP contribution is -2.13. The van der Waals surface area contributed by atoms with E-state index in [0.717, 1.165) is 11.1 Å². The van der Waals surface area contributed by atoms with E-state index in [0.29, 0.717) is 22.9 Å². The van der Waals surface area contributed by atoms with E-state index in [2.05, 4.69) is 5.32 Å². The average Bonchev–Trinajstić information content (AvgIpc) is 2.47. The number of amides is 1. The summed E-state index contributed by atoms with van der Waals surface area (Å²) in [7, 11) is 1.58. The van der Waals surface area contributed by atoms with Crippen molar-refractivity contribution in [3.05, 3.63) is 59.2 Å². The summed E-state index contributed by atoms with van der Waals surface area (Å²) in [5.41, 5.74) is 3.20. The number of hydrogen-bond donors (Lipinski definition) is 1. The first kappa shape index (κ1) is 14.4. The van der Waals surface area contributed by atoms with E-state index in [-0.39, 0.29) is 5.91 Å². The van der Waals surface area contributed by atoms with Gasteiger partial charge in [-0.25, -0.2) is 0 Å². The largest absolute Gasteiger partial charge is 0.495 e. The molecule has 4 heteroatoms. The summed E-state index contributed by atoms with van der Waals surface area (Å²) < 4.78 is 5.25. The van der Waals surface area contributed by atoms with Crippen molar-refractivity contribution >= 4 is 23.2 Å². The van der Waals surface area contributed by atoms with Gasteiger partial charge in [-0.05, 0) is 42.3 Å². The molecule has 0 aromatic heterocycles. The zero-order valence-corrected chi connectivity index (χ0v) is 12.2. The Kier molecular flexibility index (Phi) is 4.64. The van der Waals surface area contributed by atoms with Crippen LogP contribution in [-0.4, -0.2) is 13.0 Å². The molecule has 0 saturated carbocycles. The van der Waals surface area contributed by atoms with E-state index in [1.807, 2.05) is 37.3 Å². The number of methoxy groups -OCH3 is 1. The van der Waals surface area contributed by atoms with Crippen LogP contribution in [-0.2, 0) is 5.88 Å².